The molecule has 0 radical (unpaired) electrons. The quantitative estimate of drug-likeness (QED) is 0.860. The average molecular weight is 341 g/mol. The van der Waals surface area contributed by atoms with E-state index in [9.17, 15) is 4.79 Å². The van der Waals surface area contributed by atoms with Crippen molar-refractivity contribution in [2.75, 3.05) is 40.4 Å². The van der Waals surface area contributed by atoms with Crippen molar-refractivity contribution in [3.05, 3.63) is 36.0 Å². The molecule has 25 heavy (non-hydrogen) atoms. The monoisotopic (exact) mass is 341 g/mol. The molecule has 1 spiro atoms. The summed E-state index contributed by atoms with van der Waals surface area (Å²) in [7, 11) is 6.00. The number of carbonyl (C=O) groups is 1. The molecule has 2 aromatic rings. The van der Waals surface area contributed by atoms with Gasteiger partial charge in [-0.2, -0.15) is 0 Å². The number of benzene rings is 1. The number of likely N-dealkylation sites (tertiary alicyclic amines) is 2. The highest BCUT2D eigenvalue weighted by Gasteiger charge is 2.50. The van der Waals surface area contributed by atoms with E-state index < -0.39 is 0 Å². The number of aromatic nitrogens is 1. The minimum absolute atomic E-state index is 0.147. The van der Waals surface area contributed by atoms with Gasteiger partial charge in [0.05, 0.1) is 5.54 Å². The van der Waals surface area contributed by atoms with E-state index in [2.05, 4.69) is 22.6 Å². The molecule has 134 valence electrons. The minimum atomic E-state index is 0.147. The van der Waals surface area contributed by atoms with Gasteiger partial charge in [-0.15, -0.1) is 0 Å². The Morgan fingerprint density at radius 3 is 2.84 bits per heavy atom. The van der Waals surface area contributed by atoms with Gasteiger partial charge in [-0.25, -0.2) is 0 Å². The van der Waals surface area contributed by atoms with E-state index in [1.165, 1.54) is 6.42 Å². The molecule has 2 saturated heterocycles. The Kier molecular flexibility index (Phi) is 4.08. The van der Waals surface area contributed by atoms with Gasteiger partial charge in [-0.05, 0) is 56.6 Å². The van der Waals surface area contributed by atoms with Crippen LogP contribution in [0.3, 0.4) is 0 Å². The highest BCUT2D eigenvalue weighted by Crippen LogP contribution is 2.39. The maximum absolute atomic E-state index is 12.9. The van der Waals surface area contributed by atoms with Crippen LogP contribution in [0.5, 0.6) is 0 Å². The number of hydrogen-bond donors (Lipinski definition) is 0. The van der Waals surface area contributed by atoms with Crippen molar-refractivity contribution in [3.63, 3.8) is 0 Å². The van der Waals surface area contributed by atoms with Crippen LogP contribution in [-0.2, 0) is 11.8 Å². The Balaban J connectivity index is 1.47. The van der Waals surface area contributed by atoms with E-state index in [0.717, 1.165) is 49.1 Å². The molecule has 5 heteroatoms. The Bertz CT molecular complexity index is 791. The second-order valence-corrected chi connectivity index (χ2v) is 7.82. The van der Waals surface area contributed by atoms with Gasteiger partial charge in [-0.1, -0.05) is 0 Å². The predicted octanol–water partition coefficient (Wildman–Crippen LogP) is 2.36. The number of hydrogen-bond acceptors (Lipinski definition) is 3. The Hall–Kier alpha value is -1.85. The van der Waals surface area contributed by atoms with Gasteiger partial charge in [0.15, 0.2) is 0 Å². The molecule has 0 unspecified atom stereocenters. The van der Waals surface area contributed by atoms with Crippen LogP contribution in [0, 0.1) is 5.92 Å². The molecule has 1 atom stereocenters. The van der Waals surface area contributed by atoms with Crippen LogP contribution in [0.4, 0.5) is 0 Å². The van der Waals surface area contributed by atoms with Crippen LogP contribution >= 0.6 is 0 Å². The van der Waals surface area contributed by atoms with Crippen LogP contribution in [0.15, 0.2) is 30.5 Å². The number of rotatable bonds is 3. The van der Waals surface area contributed by atoms with Crippen molar-refractivity contribution in [3.8, 4) is 0 Å². The first-order valence-corrected chi connectivity index (χ1v) is 9.07. The highest BCUT2D eigenvalue weighted by atomic mass is 16.5. The van der Waals surface area contributed by atoms with Crippen molar-refractivity contribution in [2.45, 2.75) is 18.4 Å². The van der Waals surface area contributed by atoms with Crippen molar-refractivity contribution >= 4 is 16.8 Å². The lowest BCUT2D eigenvalue weighted by atomic mass is 9.75. The summed E-state index contributed by atoms with van der Waals surface area (Å²) in [5.41, 5.74) is 2.10. The number of carbonyl (C=O) groups excluding carboxylic acids is 1. The van der Waals surface area contributed by atoms with E-state index >= 15 is 0 Å². The molecule has 3 heterocycles. The first kappa shape index (κ1) is 16.6. The SMILES string of the molecule is COC[C@H]1CCN(C)C2(C1)CN(C(=O)c1ccc3c(ccn3C)c1)C2. The lowest BCUT2D eigenvalue weighted by Crippen LogP contribution is -2.72. The van der Waals surface area contributed by atoms with Gasteiger partial charge in [-0.3, -0.25) is 9.69 Å². The number of piperidine rings is 1. The second kappa shape index (κ2) is 6.15. The number of ether oxygens (including phenoxy) is 1. The summed E-state index contributed by atoms with van der Waals surface area (Å²) in [6, 6.07) is 8.07. The molecule has 0 saturated carbocycles. The van der Waals surface area contributed by atoms with Crippen molar-refractivity contribution in [2.24, 2.45) is 13.0 Å². The molecule has 2 fully saturated rings. The van der Waals surface area contributed by atoms with Crippen LogP contribution in [0.25, 0.3) is 10.9 Å². The topological polar surface area (TPSA) is 37.7 Å². The van der Waals surface area contributed by atoms with Gasteiger partial charge in [0, 0.05) is 56.5 Å². The zero-order chi connectivity index (χ0) is 17.6. The predicted molar refractivity (Wildman–Crippen MR) is 98.8 cm³/mol. The molecule has 1 aromatic heterocycles. The lowest BCUT2D eigenvalue weighted by Gasteiger charge is -2.58. The molecule has 4 rings (SSSR count). The number of fused-ring (bicyclic) bond motifs is 1. The maximum atomic E-state index is 12.9. The summed E-state index contributed by atoms with van der Waals surface area (Å²) in [4.78, 5) is 17.3. The standard InChI is InChI=1S/C20H27N3O2/c1-21-8-7-16-10-17(4-5-18(16)21)19(24)23-13-20(14-23)11-15(12-25-3)6-9-22(20)2/h4-5,7-8,10,15H,6,9,11-14H2,1-3H3/t15-/m0/s1. The number of aryl methyl sites for hydroxylation is 1. The fourth-order valence-electron chi connectivity index (χ4n) is 4.56. The zero-order valence-electron chi connectivity index (χ0n) is 15.4. The fraction of sp³-hybridized carbons (Fsp3) is 0.550. The Labute approximate surface area is 149 Å². The molecule has 5 nitrogen and oxygen atoms in total. The molecule has 1 aromatic carbocycles. The number of methoxy groups -OCH3 is 1. The summed E-state index contributed by atoms with van der Waals surface area (Å²) in [5, 5.41) is 1.12. The number of likely N-dealkylation sites (N-methyl/N-ethyl adjacent to an activating group) is 1. The molecular weight excluding hydrogens is 314 g/mol. The van der Waals surface area contributed by atoms with E-state index in [1.807, 2.05) is 36.3 Å². The lowest BCUT2D eigenvalue weighted by molar-refractivity contribution is -0.0731. The summed E-state index contributed by atoms with van der Waals surface area (Å²) in [5.74, 6) is 0.762. The van der Waals surface area contributed by atoms with Gasteiger partial charge in [0.2, 0.25) is 0 Å². The van der Waals surface area contributed by atoms with E-state index in [1.54, 1.807) is 7.11 Å². The Morgan fingerprint density at radius 1 is 1.28 bits per heavy atom. The van der Waals surface area contributed by atoms with Gasteiger partial charge in [0.25, 0.3) is 5.91 Å². The zero-order valence-corrected chi connectivity index (χ0v) is 15.4. The third-order valence-electron chi connectivity index (χ3n) is 6.14. The number of nitrogens with zero attached hydrogens (tertiary/aromatic N) is 3. The molecule has 0 N–H and O–H groups in total. The largest absolute Gasteiger partial charge is 0.384 e. The molecule has 0 aliphatic carbocycles. The summed E-state index contributed by atoms with van der Waals surface area (Å²) < 4.78 is 7.44. The summed E-state index contributed by atoms with van der Waals surface area (Å²) in [6.07, 6.45) is 4.34. The normalized spacial score (nSPS) is 23.2. The van der Waals surface area contributed by atoms with E-state index in [-0.39, 0.29) is 11.4 Å². The third kappa shape index (κ3) is 2.75. The van der Waals surface area contributed by atoms with Crippen molar-refractivity contribution in [1.82, 2.24) is 14.4 Å². The third-order valence-corrected chi connectivity index (χ3v) is 6.14. The molecular formula is C20H27N3O2. The van der Waals surface area contributed by atoms with Crippen LogP contribution in [0.2, 0.25) is 0 Å². The smallest absolute Gasteiger partial charge is 0.254 e. The van der Waals surface area contributed by atoms with Gasteiger partial charge >= 0.3 is 0 Å². The first-order chi connectivity index (χ1) is 12.0. The molecule has 0 bridgehead atoms. The van der Waals surface area contributed by atoms with Gasteiger partial charge in [0.1, 0.15) is 0 Å². The van der Waals surface area contributed by atoms with Crippen molar-refractivity contribution in [1.29, 1.82) is 0 Å². The molecule has 2 aliphatic heterocycles. The number of amides is 1. The second-order valence-electron chi connectivity index (χ2n) is 7.82. The van der Waals surface area contributed by atoms with Crippen LogP contribution in [-0.4, -0.2) is 66.2 Å². The van der Waals surface area contributed by atoms with Crippen molar-refractivity contribution < 1.29 is 9.53 Å². The van der Waals surface area contributed by atoms with E-state index in [0.29, 0.717) is 5.92 Å². The Morgan fingerprint density at radius 2 is 2.08 bits per heavy atom. The average Bonchev–Trinajstić information content (AvgIpc) is 2.95. The van der Waals surface area contributed by atoms with E-state index in [4.69, 9.17) is 4.74 Å². The molecule has 2 aliphatic rings. The fourth-order valence-corrected chi connectivity index (χ4v) is 4.56. The minimum Gasteiger partial charge on any atom is -0.384 e. The van der Waals surface area contributed by atoms with Crippen LogP contribution in [0.1, 0.15) is 23.2 Å². The highest BCUT2D eigenvalue weighted by molar-refractivity contribution is 5.98. The molecule has 1 amide bonds. The van der Waals surface area contributed by atoms with Gasteiger partial charge < -0.3 is 14.2 Å². The summed E-state index contributed by atoms with van der Waals surface area (Å²) in [6.45, 7) is 3.57. The maximum Gasteiger partial charge on any atom is 0.254 e. The summed E-state index contributed by atoms with van der Waals surface area (Å²) >= 11 is 0. The van der Waals surface area contributed by atoms with Crippen LogP contribution < -0.4 is 0 Å². The first-order valence-electron chi connectivity index (χ1n) is 9.07.